The predicted octanol–water partition coefficient (Wildman–Crippen LogP) is 4.45. The molecule has 5 nitrogen and oxygen atoms in total. The standard InChI is InChI=1S/C22H19N3O2S/c1-14-24-18-8-7-16(12-20(18)28-14)22(26)25-11-9-17(13-25)27-19-6-2-4-15-5-3-10-23-21(15)19/h2-8,10,12,17H,9,11,13H2,1H3. The quantitative estimate of drug-likeness (QED) is 0.520. The molecule has 0 spiro atoms. The molecule has 2 aromatic carbocycles. The Bertz CT molecular complexity index is 1180. The first kappa shape index (κ1) is 17.1. The molecule has 0 aliphatic carbocycles. The van der Waals surface area contributed by atoms with Crippen LogP contribution < -0.4 is 4.74 Å². The molecule has 0 saturated carbocycles. The number of hydrogen-bond acceptors (Lipinski definition) is 5. The Morgan fingerprint density at radius 2 is 2.11 bits per heavy atom. The minimum Gasteiger partial charge on any atom is -0.486 e. The van der Waals surface area contributed by atoms with Gasteiger partial charge in [-0.3, -0.25) is 9.78 Å². The van der Waals surface area contributed by atoms with Crippen LogP contribution in [-0.4, -0.2) is 40.0 Å². The molecule has 1 fully saturated rings. The summed E-state index contributed by atoms with van der Waals surface area (Å²) in [6.45, 7) is 3.26. The number of para-hydroxylation sites is 1. The summed E-state index contributed by atoms with van der Waals surface area (Å²) in [6.07, 6.45) is 2.57. The van der Waals surface area contributed by atoms with Crippen molar-refractivity contribution in [3.05, 3.63) is 65.3 Å². The van der Waals surface area contributed by atoms with E-state index in [1.807, 2.05) is 60.4 Å². The summed E-state index contributed by atoms with van der Waals surface area (Å²) in [6, 6.07) is 15.6. The van der Waals surface area contributed by atoms with Gasteiger partial charge < -0.3 is 9.64 Å². The third-order valence-corrected chi connectivity index (χ3v) is 6.00. The van der Waals surface area contributed by atoms with Gasteiger partial charge in [-0.05, 0) is 37.3 Å². The van der Waals surface area contributed by atoms with Crippen molar-refractivity contribution in [2.45, 2.75) is 19.4 Å². The average Bonchev–Trinajstić information content (AvgIpc) is 3.32. The van der Waals surface area contributed by atoms with Crippen molar-refractivity contribution in [1.82, 2.24) is 14.9 Å². The van der Waals surface area contributed by atoms with Gasteiger partial charge in [0.1, 0.15) is 17.4 Å². The number of aryl methyl sites for hydroxylation is 1. The Morgan fingerprint density at radius 3 is 3.04 bits per heavy atom. The normalized spacial score (nSPS) is 16.8. The molecule has 1 aliphatic rings. The van der Waals surface area contributed by atoms with Crippen molar-refractivity contribution in [2.24, 2.45) is 0 Å². The van der Waals surface area contributed by atoms with E-state index < -0.39 is 0 Å². The number of aromatic nitrogens is 2. The minimum atomic E-state index is -0.0223. The molecular weight excluding hydrogens is 370 g/mol. The van der Waals surface area contributed by atoms with Crippen molar-refractivity contribution in [3.63, 3.8) is 0 Å². The lowest BCUT2D eigenvalue weighted by atomic mass is 10.2. The van der Waals surface area contributed by atoms with Gasteiger partial charge in [-0.2, -0.15) is 0 Å². The number of ether oxygens (including phenoxy) is 1. The highest BCUT2D eigenvalue weighted by molar-refractivity contribution is 7.18. The van der Waals surface area contributed by atoms with Gasteiger partial charge in [0, 0.05) is 30.1 Å². The fourth-order valence-electron chi connectivity index (χ4n) is 3.72. The lowest BCUT2D eigenvalue weighted by Gasteiger charge is -2.18. The van der Waals surface area contributed by atoms with Crippen molar-refractivity contribution in [3.8, 4) is 5.75 Å². The maximum atomic E-state index is 13.0. The first-order chi connectivity index (χ1) is 13.7. The van der Waals surface area contributed by atoms with Gasteiger partial charge in [0.25, 0.3) is 5.91 Å². The number of nitrogens with zero attached hydrogens (tertiary/aromatic N) is 3. The SMILES string of the molecule is Cc1nc2ccc(C(=O)N3CCC(Oc4cccc5cccnc45)C3)cc2s1. The zero-order valence-corrected chi connectivity index (χ0v) is 16.3. The Hall–Kier alpha value is -2.99. The highest BCUT2D eigenvalue weighted by Crippen LogP contribution is 2.27. The van der Waals surface area contributed by atoms with Crippen LogP contribution in [0.1, 0.15) is 21.8 Å². The van der Waals surface area contributed by atoms with E-state index in [2.05, 4.69) is 9.97 Å². The zero-order chi connectivity index (χ0) is 19.1. The number of carbonyl (C=O) groups excluding carboxylic acids is 1. The maximum absolute atomic E-state index is 13.0. The summed E-state index contributed by atoms with van der Waals surface area (Å²) in [7, 11) is 0. The summed E-state index contributed by atoms with van der Waals surface area (Å²) in [5, 5.41) is 2.07. The van der Waals surface area contributed by atoms with Crippen LogP contribution in [0.2, 0.25) is 0 Å². The van der Waals surface area contributed by atoms with Gasteiger partial charge in [-0.15, -0.1) is 11.3 Å². The summed E-state index contributed by atoms with van der Waals surface area (Å²) in [5.41, 5.74) is 2.52. The number of hydrogen-bond donors (Lipinski definition) is 0. The predicted molar refractivity (Wildman–Crippen MR) is 111 cm³/mol. The fraction of sp³-hybridized carbons (Fsp3) is 0.227. The molecule has 140 valence electrons. The zero-order valence-electron chi connectivity index (χ0n) is 15.5. The minimum absolute atomic E-state index is 0.0223. The second kappa shape index (κ2) is 6.87. The maximum Gasteiger partial charge on any atom is 0.254 e. The summed E-state index contributed by atoms with van der Waals surface area (Å²) >= 11 is 1.62. The Kier molecular flexibility index (Phi) is 4.20. The first-order valence-electron chi connectivity index (χ1n) is 9.34. The van der Waals surface area contributed by atoms with E-state index in [0.717, 1.165) is 38.3 Å². The summed E-state index contributed by atoms with van der Waals surface area (Å²) < 4.78 is 7.27. The highest BCUT2D eigenvalue weighted by atomic mass is 32.1. The molecule has 2 aromatic heterocycles. The third-order valence-electron chi connectivity index (χ3n) is 5.06. The van der Waals surface area contributed by atoms with E-state index in [1.54, 1.807) is 17.5 Å². The van der Waals surface area contributed by atoms with Gasteiger partial charge in [0.05, 0.1) is 21.8 Å². The number of pyridine rings is 1. The molecule has 4 aromatic rings. The van der Waals surface area contributed by atoms with Crippen LogP contribution in [0, 0.1) is 6.92 Å². The van der Waals surface area contributed by atoms with E-state index in [1.165, 1.54) is 0 Å². The second-order valence-electron chi connectivity index (χ2n) is 7.03. The van der Waals surface area contributed by atoms with E-state index in [0.29, 0.717) is 18.7 Å². The molecule has 6 heteroatoms. The molecule has 1 amide bonds. The molecule has 1 saturated heterocycles. The van der Waals surface area contributed by atoms with E-state index in [4.69, 9.17) is 4.74 Å². The van der Waals surface area contributed by atoms with Gasteiger partial charge in [0.15, 0.2) is 0 Å². The van der Waals surface area contributed by atoms with Crippen molar-refractivity contribution < 1.29 is 9.53 Å². The number of amides is 1. The first-order valence-corrected chi connectivity index (χ1v) is 10.2. The average molecular weight is 389 g/mol. The Morgan fingerprint density at radius 1 is 1.21 bits per heavy atom. The van der Waals surface area contributed by atoms with Crippen LogP contribution in [0.15, 0.2) is 54.7 Å². The number of carbonyl (C=O) groups is 1. The number of thiazole rings is 1. The van der Waals surface area contributed by atoms with Crippen LogP contribution in [0.5, 0.6) is 5.75 Å². The largest absolute Gasteiger partial charge is 0.486 e. The lowest BCUT2D eigenvalue weighted by Crippen LogP contribution is -2.30. The fourth-order valence-corrected chi connectivity index (χ4v) is 4.58. The van der Waals surface area contributed by atoms with E-state index in [-0.39, 0.29) is 12.0 Å². The molecule has 28 heavy (non-hydrogen) atoms. The molecule has 1 aliphatic heterocycles. The molecule has 0 N–H and O–H groups in total. The van der Waals surface area contributed by atoms with Crippen LogP contribution in [0.25, 0.3) is 21.1 Å². The van der Waals surface area contributed by atoms with Gasteiger partial charge in [-0.25, -0.2) is 4.98 Å². The Balaban J connectivity index is 1.32. The number of fused-ring (bicyclic) bond motifs is 2. The van der Waals surface area contributed by atoms with E-state index in [9.17, 15) is 4.79 Å². The number of likely N-dealkylation sites (tertiary alicyclic amines) is 1. The van der Waals surface area contributed by atoms with Crippen molar-refractivity contribution in [2.75, 3.05) is 13.1 Å². The molecule has 1 atom stereocenters. The van der Waals surface area contributed by atoms with E-state index >= 15 is 0 Å². The Labute approximate surface area is 166 Å². The summed E-state index contributed by atoms with van der Waals surface area (Å²) in [4.78, 5) is 23.7. The van der Waals surface area contributed by atoms with Crippen molar-refractivity contribution >= 4 is 38.4 Å². The third kappa shape index (κ3) is 3.10. The highest BCUT2D eigenvalue weighted by Gasteiger charge is 2.29. The topological polar surface area (TPSA) is 55.3 Å². The second-order valence-corrected chi connectivity index (χ2v) is 8.26. The smallest absolute Gasteiger partial charge is 0.254 e. The van der Waals surface area contributed by atoms with Gasteiger partial charge >= 0.3 is 0 Å². The number of rotatable bonds is 3. The van der Waals surface area contributed by atoms with Crippen LogP contribution >= 0.6 is 11.3 Å². The molecule has 0 radical (unpaired) electrons. The molecule has 0 bridgehead atoms. The van der Waals surface area contributed by atoms with Gasteiger partial charge in [0.2, 0.25) is 0 Å². The molecular formula is C22H19N3O2S. The molecule has 1 unspecified atom stereocenters. The molecule has 3 heterocycles. The van der Waals surface area contributed by atoms with Gasteiger partial charge in [-0.1, -0.05) is 18.2 Å². The lowest BCUT2D eigenvalue weighted by molar-refractivity contribution is 0.0773. The van der Waals surface area contributed by atoms with Crippen LogP contribution in [0.3, 0.4) is 0 Å². The summed E-state index contributed by atoms with van der Waals surface area (Å²) in [5.74, 6) is 0.828. The van der Waals surface area contributed by atoms with Crippen LogP contribution in [0.4, 0.5) is 0 Å². The molecule has 5 rings (SSSR count). The monoisotopic (exact) mass is 389 g/mol. The van der Waals surface area contributed by atoms with Crippen LogP contribution in [-0.2, 0) is 0 Å². The van der Waals surface area contributed by atoms with Crippen molar-refractivity contribution in [1.29, 1.82) is 0 Å². The number of benzene rings is 2.